The standard InChI is InChI=1S/C12H16F2N2O3S/c1-8(20(2)19)3-4-15-7-9-5-12(16(17)18)11(14)6-10(9)13/h5-6,8,15H,3-4,7H2,1-2H3. The highest BCUT2D eigenvalue weighted by Crippen LogP contribution is 2.21. The summed E-state index contributed by atoms with van der Waals surface area (Å²) in [5.74, 6) is -2.01. The Kier molecular flexibility index (Phi) is 6.15. The summed E-state index contributed by atoms with van der Waals surface area (Å²) in [6, 6.07) is 1.40. The van der Waals surface area contributed by atoms with Crippen molar-refractivity contribution in [3.63, 3.8) is 0 Å². The van der Waals surface area contributed by atoms with Crippen LogP contribution in [-0.2, 0) is 17.3 Å². The van der Waals surface area contributed by atoms with Crippen molar-refractivity contribution in [3.8, 4) is 0 Å². The number of hydrogen-bond donors (Lipinski definition) is 1. The molecule has 0 aromatic heterocycles. The Balaban J connectivity index is 2.62. The summed E-state index contributed by atoms with van der Waals surface area (Å²) >= 11 is 0. The van der Waals surface area contributed by atoms with Gasteiger partial charge in [0.25, 0.3) is 0 Å². The van der Waals surface area contributed by atoms with Crippen molar-refractivity contribution in [3.05, 3.63) is 39.4 Å². The van der Waals surface area contributed by atoms with Crippen LogP contribution >= 0.6 is 0 Å². The Morgan fingerprint density at radius 2 is 2.05 bits per heavy atom. The van der Waals surface area contributed by atoms with Crippen LogP contribution in [0.2, 0.25) is 0 Å². The van der Waals surface area contributed by atoms with E-state index in [9.17, 15) is 23.1 Å². The van der Waals surface area contributed by atoms with E-state index in [4.69, 9.17) is 0 Å². The topological polar surface area (TPSA) is 72.2 Å². The van der Waals surface area contributed by atoms with Crippen LogP contribution < -0.4 is 5.32 Å². The predicted molar refractivity (Wildman–Crippen MR) is 72.9 cm³/mol. The van der Waals surface area contributed by atoms with E-state index in [1.807, 2.05) is 6.92 Å². The molecule has 0 saturated heterocycles. The highest BCUT2D eigenvalue weighted by molar-refractivity contribution is 7.84. The summed E-state index contributed by atoms with van der Waals surface area (Å²) in [7, 11) is -0.929. The normalized spacial score (nSPS) is 14.0. The smallest absolute Gasteiger partial charge is 0.305 e. The molecule has 0 spiro atoms. The van der Waals surface area contributed by atoms with Gasteiger partial charge in [0.15, 0.2) is 0 Å². The Bertz CT molecular complexity index is 526. The van der Waals surface area contributed by atoms with Gasteiger partial charge < -0.3 is 5.32 Å². The van der Waals surface area contributed by atoms with Crippen LogP contribution in [0.15, 0.2) is 12.1 Å². The minimum absolute atomic E-state index is 0.00917. The third kappa shape index (κ3) is 4.61. The van der Waals surface area contributed by atoms with Crippen molar-refractivity contribution in [2.24, 2.45) is 0 Å². The molecule has 2 unspecified atom stereocenters. The number of nitro groups is 1. The van der Waals surface area contributed by atoms with Crippen molar-refractivity contribution < 1.29 is 17.9 Å². The molecule has 0 aliphatic rings. The number of hydrogen-bond acceptors (Lipinski definition) is 4. The fourth-order valence-corrected chi connectivity index (χ4v) is 2.00. The second kappa shape index (κ2) is 7.39. The lowest BCUT2D eigenvalue weighted by Crippen LogP contribution is -2.21. The van der Waals surface area contributed by atoms with E-state index in [0.29, 0.717) is 19.0 Å². The van der Waals surface area contributed by atoms with Crippen molar-refractivity contribution in [2.45, 2.75) is 25.1 Å². The zero-order chi connectivity index (χ0) is 15.3. The van der Waals surface area contributed by atoms with Crippen molar-refractivity contribution >= 4 is 16.5 Å². The third-order valence-corrected chi connectivity index (χ3v) is 4.29. The van der Waals surface area contributed by atoms with E-state index in [2.05, 4.69) is 5.32 Å². The van der Waals surface area contributed by atoms with Crippen LogP contribution in [0.1, 0.15) is 18.9 Å². The lowest BCUT2D eigenvalue weighted by molar-refractivity contribution is -0.387. The quantitative estimate of drug-likeness (QED) is 0.476. The third-order valence-electron chi connectivity index (χ3n) is 2.92. The number of rotatable bonds is 7. The number of nitrogens with one attached hydrogen (secondary N) is 1. The molecule has 0 fully saturated rings. The van der Waals surface area contributed by atoms with Crippen LogP contribution in [0, 0.1) is 21.7 Å². The molecule has 1 aromatic rings. The second-order valence-electron chi connectivity index (χ2n) is 4.43. The first-order valence-electron chi connectivity index (χ1n) is 5.98. The van der Waals surface area contributed by atoms with E-state index >= 15 is 0 Å². The van der Waals surface area contributed by atoms with Crippen LogP contribution in [-0.4, -0.2) is 27.2 Å². The van der Waals surface area contributed by atoms with Gasteiger partial charge in [-0.1, -0.05) is 6.92 Å². The number of halogens is 2. The molecule has 0 saturated carbocycles. The van der Waals surface area contributed by atoms with Gasteiger partial charge in [-0.05, 0) is 13.0 Å². The molecule has 1 rings (SSSR count). The highest BCUT2D eigenvalue weighted by Gasteiger charge is 2.18. The molecular weight excluding hydrogens is 290 g/mol. The lowest BCUT2D eigenvalue weighted by atomic mass is 10.1. The van der Waals surface area contributed by atoms with E-state index in [-0.39, 0.29) is 17.4 Å². The zero-order valence-electron chi connectivity index (χ0n) is 11.2. The van der Waals surface area contributed by atoms with Crippen LogP contribution in [0.25, 0.3) is 0 Å². The lowest BCUT2D eigenvalue weighted by Gasteiger charge is -2.09. The number of benzene rings is 1. The molecule has 0 aliphatic heterocycles. The maximum absolute atomic E-state index is 13.5. The SMILES string of the molecule is CC(CCNCc1cc([N+](=O)[O-])c(F)cc1F)S(C)=O. The van der Waals surface area contributed by atoms with Crippen LogP contribution in [0.5, 0.6) is 0 Å². The molecule has 112 valence electrons. The summed E-state index contributed by atoms with van der Waals surface area (Å²) in [4.78, 5) is 9.68. The first kappa shape index (κ1) is 16.6. The van der Waals surface area contributed by atoms with Crippen LogP contribution in [0.3, 0.4) is 0 Å². The largest absolute Gasteiger partial charge is 0.313 e. The minimum atomic E-state index is -1.19. The fourth-order valence-electron chi connectivity index (χ4n) is 1.55. The molecular formula is C12H16F2N2O3S. The summed E-state index contributed by atoms with van der Waals surface area (Å²) in [5.41, 5.74) is -0.713. The first-order chi connectivity index (χ1) is 9.32. The molecule has 1 aromatic carbocycles. The van der Waals surface area contributed by atoms with Crippen LogP contribution in [0.4, 0.5) is 14.5 Å². The van der Waals surface area contributed by atoms with Gasteiger partial charge in [0.1, 0.15) is 5.82 Å². The summed E-state index contributed by atoms with van der Waals surface area (Å²) in [5, 5.41) is 13.5. The average Bonchev–Trinajstić information content (AvgIpc) is 2.35. The average molecular weight is 306 g/mol. The maximum atomic E-state index is 13.5. The van der Waals surface area contributed by atoms with Gasteiger partial charge in [0.2, 0.25) is 5.82 Å². The van der Waals surface area contributed by atoms with Crippen molar-refractivity contribution in [1.82, 2.24) is 5.32 Å². The van der Waals surface area contributed by atoms with E-state index < -0.39 is 33.0 Å². The predicted octanol–water partition coefficient (Wildman–Crippen LogP) is 2.12. The molecule has 0 bridgehead atoms. The van der Waals surface area contributed by atoms with Gasteiger partial charge in [0, 0.05) is 46.5 Å². The molecule has 0 aliphatic carbocycles. The molecule has 20 heavy (non-hydrogen) atoms. The fraction of sp³-hybridized carbons (Fsp3) is 0.500. The van der Waals surface area contributed by atoms with Gasteiger partial charge in [-0.3, -0.25) is 14.3 Å². The van der Waals surface area contributed by atoms with E-state index in [0.717, 1.165) is 6.07 Å². The zero-order valence-corrected chi connectivity index (χ0v) is 12.0. The van der Waals surface area contributed by atoms with E-state index in [1.165, 1.54) is 0 Å². The van der Waals surface area contributed by atoms with Gasteiger partial charge >= 0.3 is 5.69 Å². The van der Waals surface area contributed by atoms with Gasteiger partial charge in [-0.15, -0.1) is 0 Å². The molecule has 0 heterocycles. The highest BCUT2D eigenvalue weighted by atomic mass is 32.2. The Hall–Kier alpha value is -1.41. The second-order valence-corrected chi connectivity index (χ2v) is 6.23. The van der Waals surface area contributed by atoms with Crippen molar-refractivity contribution in [2.75, 3.05) is 12.8 Å². The summed E-state index contributed by atoms with van der Waals surface area (Å²) < 4.78 is 37.7. The van der Waals surface area contributed by atoms with Gasteiger partial charge in [-0.2, -0.15) is 4.39 Å². The van der Waals surface area contributed by atoms with E-state index in [1.54, 1.807) is 6.26 Å². The van der Waals surface area contributed by atoms with Crippen molar-refractivity contribution in [1.29, 1.82) is 0 Å². The molecule has 5 nitrogen and oxygen atoms in total. The number of nitro benzene ring substituents is 1. The molecule has 8 heteroatoms. The summed E-state index contributed by atoms with van der Waals surface area (Å²) in [6.45, 7) is 2.38. The first-order valence-corrected chi connectivity index (χ1v) is 7.60. The molecule has 1 N–H and O–H groups in total. The number of nitrogens with zero attached hydrogens (tertiary/aromatic N) is 1. The Morgan fingerprint density at radius 1 is 1.40 bits per heavy atom. The molecule has 2 atom stereocenters. The molecule has 0 radical (unpaired) electrons. The monoisotopic (exact) mass is 306 g/mol. The molecule has 0 amide bonds. The Labute approximate surface area is 118 Å². The minimum Gasteiger partial charge on any atom is -0.313 e. The summed E-state index contributed by atoms with van der Waals surface area (Å²) in [6.07, 6.45) is 2.24. The van der Waals surface area contributed by atoms with Gasteiger partial charge in [0.05, 0.1) is 4.92 Å². The maximum Gasteiger partial charge on any atom is 0.305 e. The van der Waals surface area contributed by atoms with Gasteiger partial charge in [-0.25, -0.2) is 4.39 Å². The Morgan fingerprint density at radius 3 is 2.60 bits per heavy atom.